The molecule has 0 spiro atoms. The van der Waals surface area contributed by atoms with Crippen molar-refractivity contribution in [3.8, 4) is 11.4 Å². The van der Waals surface area contributed by atoms with Crippen molar-refractivity contribution in [2.75, 3.05) is 19.0 Å². The fourth-order valence-corrected chi connectivity index (χ4v) is 2.96. The van der Waals surface area contributed by atoms with Gasteiger partial charge in [0.1, 0.15) is 12.8 Å². The summed E-state index contributed by atoms with van der Waals surface area (Å²) in [5, 5.41) is 8.15. The number of oxime groups is 1. The zero-order valence-electron chi connectivity index (χ0n) is 15.7. The lowest BCUT2D eigenvalue weighted by Gasteiger charge is -2.03. The van der Waals surface area contributed by atoms with Gasteiger partial charge in [-0.1, -0.05) is 35.5 Å². The van der Waals surface area contributed by atoms with Crippen molar-refractivity contribution in [3.05, 3.63) is 59.4 Å². The Balaban J connectivity index is 1.71. The highest BCUT2D eigenvalue weighted by Gasteiger charge is 2.20. The second-order valence-corrected chi connectivity index (χ2v) is 6.35. The normalized spacial score (nSPS) is 11.0. The third-order valence-corrected chi connectivity index (χ3v) is 4.32. The predicted octanol–water partition coefficient (Wildman–Crippen LogP) is 2.77. The lowest BCUT2D eigenvalue weighted by Crippen LogP contribution is -2.20. The van der Waals surface area contributed by atoms with Crippen LogP contribution in [0.2, 0.25) is 0 Å². The number of ether oxygens (including phenoxy) is 1. The van der Waals surface area contributed by atoms with Crippen LogP contribution in [0, 0.1) is 0 Å². The van der Waals surface area contributed by atoms with Gasteiger partial charge in [-0.2, -0.15) is 0 Å². The summed E-state index contributed by atoms with van der Waals surface area (Å²) in [6.45, 7) is 1.87. The first-order valence-electron chi connectivity index (χ1n) is 8.55. The van der Waals surface area contributed by atoms with Crippen molar-refractivity contribution in [1.82, 2.24) is 15.0 Å². The number of benzene rings is 1. The zero-order valence-corrected chi connectivity index (χ0v) is 16.5. The molecule has 0 unspecified atom stereocenters. The van der Waals surface area contributed by atoms with Crippen molar-refractivity contribution in [2.24, 2.45) is 5.16 Å². The van der Waals surface area contributed by atoms with Gasteiger partial charge in [0, 0.05) is 23.3 Å². The van der Waals surface area contributed by atoms with Crippen LogP contribution >= 0.6 is 11.3 Å². The topological polar surface area (TPSA) is 116 Å². The van der Waals surface area contributed by atoms with Crippen LogP contribution < -0.4 is 5.32 Å². The van der Waals surface area contributed by atoms with Crippen LogP contribution in [0.25, 0.3) is 11.4 Å². The number of amides is 1. The summed E-state index contributed by atoms with van der Waals surface area (Å²) in [6.07, 6.45) is 2.88. The van der Waals surface area contributed by atoms with E-state index in [2.05, 4.69) is 30.3 Å². The minimum absolute atomic E-state index is 0.0818. The van der Waals surface area contributed by atoms with Crippen molar-refractivity contribution < 1.29 is 19.2 Å². The maximum absolute atomic E-state index is 12.4. The van der Waals surface area contributed by atoms with Gasteiger partial charge in [0.05, 0.1) is 12.2 Å². The Kier molecular flexibility index (Phi) is 6.59. The molecule has 1 amide bonds. The molecule has 0 aliphatic heterocycles. The molecule has 0 fully saturated rings. The van der Waals surface area contributed by atoms with E-state index in [1.54, 1.807) is 12.3 Å². The first kappa shape index (κ1) is 20.1. The maximum Gasteiger partial charge on any atom is 0.362 e. The molecule has 29 heavy (non-hydrogen) atoms. The first-order valence-corrected chi connectivity index (χ1v) is 9.43. The van der Waals surface area contributed by atoms with E-state index < -0.39 is 11.9 Å². The molecule has 0 bridgehead atoms. The number of thiazole rings is 1. The van der Waals surface area contributed by atoms with Crippen LogP contribution in [0.5, 0.6) is 0 Å². The average molecular weight is 411 g/mol. The van der Waals surface area contributed by atoms with Gasteiger partial charge in [0.15, 0.2) is 11.0 Å². The van der Waals surface area contributed by atoms with Crippen LogP contribution in [0.15, 0.2) is 53.3 Å². The van der Waals surface area contributed by atoms with Crippen LogP contribution in [0.4, 0.5) is 5.13 Å². The van der Waals surface area contributed by atoms with Gasteiger partial charge >= 0.3 is 5.97 Å². The van der Waals surface area contributed by atoms with Gasteiger partial charge < -0.3 is 9.57 Å². The van der Waals surface area contributed by atoms with Gasteiger partial charge in [-0.3, -0.25) is 10.1 Å². The van der Waals surface area contributed by atoms with E-state index in [0.717, 1.165) is 16.9 Å². The Morgan fingerprint density at radius 1 is 1.17 bits per heavy atom. The van der Waals surface area contributed by atoms with E-state index in [9.17, 15) is 9.59 Å². The number of hydrogen-bond acceptors (Lipinski definition) is 9. The molecule has 0 aliphatic carbocycles. The van der Waals surface area contributed by atoms with E-state index in [4.69, 9.17) is 4.74 Å². The molecule has 9 nitrogen and oxygen atoms in total. The molecule has 148 valence electrons. The molecule has 10 heteroatoms. The highest BCUT2D eigenvalue weighted by Crippen LogP contribution is 2.18. The number of esters is 1. The summed E-state index contributed by atoms with van der Waals surface area (Å²) in [4.78, 5) is 41.7. The molecular weight excluding hydrogens is 394 g/mol. The fourth-order valence-electron chi connectivity index (χ4n) is 2.27. The Morgan fingerprint density at radius 2 is 1.90 bits per heavy atom. The largest absolute Gasteiger partial charge is 0.461 e. The number of hydrogen-bond donors (Lipinski definition) is 1. The molecule has 2 heterocycles. The SMILES string of the molecule is CCOC(=O)/C(=N/OC)c1csc(NC(=O)c2cnc(-c3ccccc3)nc2)n1. The van der Waals surface area contributed by atoms with E-state index >= 15 is 0 Å². The first-order chi connectivity index (χ1) is 14.1. The molecule has 0 aliphatic rings. The van der Waals surface area contributed by atoms with Gasteiger partial charge in [0.2, 0.25) is 5.71 Å². The summed E-state index contributed by atoms with van der Waals surface area (Å²) in [5.41, 5.74) is 1.29. The van der Waals surface area contributed by atoms with Crippen molar-refractivity contribution >= 4 is 34.1 Å². The second kappa shape index (κ2) is 9.51. The zero-order chi connectivity index (χ0) is 20.6. The lowest BCUT2D eigenvalue weighted by molar-refractivity contribution is -0.135. The minimum atomic E-state index is -0.664. The van der Waals surface area contributed by atoms with Gasteiger partial charge in [-0.05, 0) is 6.92 Å². The molecular formula is C19H17N5O4S. The summed E-state index contributed by atoms with van der Waals surface area (Å²) >= 11 is 1.13. The van der Waals surface area contributed by atoms with Gasteiger partial charge in [-0.25, -0.2) is 19.7 Å². The Bertz CT molecular complexity index is 1020. The number of carbonyl (C=O) groups excluding carboxylic acids is 2. The number of aromatic nitrogens is 3. The average Bonchev–Trinajstić information content (AvgIpc) is 3.21. The fraction of sp³-hybridized carbons (Fsp3) is 0.158. The molecule has 0 radical (unpaired) electrons. The number of nitrogens with zero attached hydrogens (tertiary/aromatic N) is 4. The lowest BCUT2D eigenvalue weighted by atomic mass is 10.2. The number of rotatable bonds is 7. The summed E-state index contributed by atoms with van der Waals surface area (Å²) in [6, 6.07) is 9.44. The van der Waals surface area contributed by atoms with E-state index in [1.165, 1.54) is 19.5 Å². The molecule has 0 saturated heterocycles. The molecule has 3 rings (SSSR count). The molecule has 3 aromatic rings. The molecule has 0 saturated carbocycles. The van der Waals surface area contributed by atoms with Crippen molar-refractivity contribution in [3.63, 3.8) is 0 Å². The maximum atomic E-state index is 12.4. The smallest absolute Gasteiger partial charge is 0.362 e. The summed E-state index contributed by atoms with van der Waals surface area (Å²) in [5.74, 6) is -0.567. The van der Waals surface area contributed by atoms with Gasteiger partial charge in [-0.15, -0.1) is 11.3 Å². The molecule has 2 aromatic heterocycles. The van der Waals surface area contributed by atoms with E-state index in [1.807, 2.05) is 30.3 Å². The minimum Gasteiger partial charge on any atom is -0.461 e. The standard InChI is InChI=1S/C19H17N5O4S/c1-3-28-18(26)15(24-27-2)14-11-29-19(22-14)23-17(25)13-9-20-16(21-10-13)12-7-5-4-6-8-12/h4-11H,3H2,1-2H3,(H,22,23,25)/b24-15+. The quantitative estimate of drug-likeness (QED) is 0.361. The summed E-state index contributed by atoms with van der Waals surface area (Å²) in [7, 11) is 1.31. The van der Waals surface area contributed by atoms with E-state index in [-0.39, 0.29) is 28.7 Å². The Labute approximate surface area is 170 Å². The molecule has 1 N–H and O–H groups in total. The van der Waals surface area contributed by atoms with Crippen molar-refractivity contribution in [1.29, 1.82) is 0 Å². The number of anilines is 1. The Morgan fingerprint density at radius 3 is 2.55 bits per heavy atom. The summed E-state index contributed by atoms with van der Waals surface area (Å²) < 4.78 is 4.93. The van der Waals surface area contributed by atoms with Crippen LogP contribution in [0.1, 0.15) is 23.0 Å². The van der Waals surface area contributed by atoms with Crippen LogP contribution in [-0.2, 0) is 14.4 Å². The Hall–Kier alpha value is -3.66. The third kappa shape index (κ3) is 4.99. The second-order valence-electron chi connectivity index (χ2n) is 5.50. The molecule has 0 atom stereocenters. The third-order valence-electron chi connectivity index (χ3n) is 3.56. The van der Waals surface area contributed by atoms with E-state index in [0.29, 0.717) is 5.82 Å². The van der Waals surface area contributed by atoms with Crippen molar-refractivity contribution in [2.45, 2.75) is 6.92 Å². The monoisotopic (exact) mass is 411 g/mol. The van der Waals surface area contributed by atoms with Crippen LogP contribution in [0.3, 0.4) is 0 Å². The van der Waals surface area contributed by atoms with Crippen LogP contribution in [-0.4, -0.2) is 46.3 Å². The predicted molar refractivity (Wildman–Crippen MR) is 108 cm³/mol. The highest BCUT2D eigenvalue weighted by atomic mass is 32.1. The highest BCUT2D eigenvalue weighted by molar-refractivity contribution is 7.14. The number of carbonyl (C=O) groups is 2. The number of nitrogens with one attached hydrogen (secondary N) is 1. The van der Waals surface area contributed by atoms with Gasteiger partial charge in [0.25, 0.3) is 5.91 Å². The molecule has 1 aromatic carbocycles.